The Morgan fingerprint density at radius 1 is 1.00 bits per heavy atom. The van der Waals surface area contributed by atoms with E-state index in [0.717, 1.165) is 4.90 Å². The van der Waals surface area contributed by atoms with Crippen LogP contribution in [0.4, 0.5) is 15.8 Å². The number of carbonyl (C=O) groups excluding carboxylic acids is 2. The minimum atomic E-state index is -0.698. The van der Waals surface area contributed by atoms with Crippen molar-refractivity contribution in [2.24, 2.45) is 0 Å². The van der Waals surface area contributed by atoms with Crippen LogP contribution in [0.5, 0.6) is 11.5 Å². The molecule has 0 unspecified atom stereocenters. The molecule has 1 N–H and O–H groups in total. The summed E-state index contributed by atoms with van der Waals surface area (Å²) in [7, 11) is 1.48. The summed E-state index contributed by atoms with van der Waals surface area (Å²) < 4.78 is 25.4. The monoisotopic (exact) mass is 466 g/mol. The van der Waals surface area contributed by atoms with Gasteiger partial charge in [0, 0.05) is 5.02 Å². The lowest BCUT2D eigenvalue weighted by atomic mass is 10.0. The van der Waals surface area contributed by atoms with E-state index in [4.69, 9.17) is 21.1 Å². The Hall–Kier alpha value is -3.84. The molecule has 0 radical (unpaired) electrons. The third-order valence-electron chi connectivity index (χ3n) is 5.05. The number of carbonyl (C=O) groups is 2. The molecule has 0 saturated heterocycles. The fourth-order valence-electron chi connectivity index (χ4n) is 3.56. The highest BCUT2D eigenvalue weighted by molar-refractivity contribution is 6.46. The van der Waals surface area contributed by atoms with Crippen LogP contribution in [0, 0.1) is 5.82 Å². The van der Waals surface area contributed by atoms with Crippen LogP contribution >= 0.6 is 11.6 Å². The third kappa shape index (κ3) is 4.27. The predicted octanol–water partition coefficient (Wildman–Crippen LogP) is 5.28. The number of anilines is 2. The minimum absolute atomic E-state index is 0.0204. The van der Waals surface area contributed by atoms with Crippen molar-refractivity contribution in [1.82, 2.24) is 0 Å². The zero-order chi connectivity index (χ0) is 23.5. The molecule has 4 rings (SSSR count). The summed E-state index contributed by atoms with van der Waals surface area (Å²) >= 11 is 6.13. The highest BCUT2D eigenvalue weighted by atomic mass is 35.5. The minimum Gasteiger partial charge on any atom is -0.495 e. The number of amides is 2. The molecule has 3 aromatic rings. The van der Waals surface area contributed by atoms with Gasteiger partial charge < -0.3 is 14.8 Å². The van der Waals surface area contributed by atoms with Crippen LogP contribution in [0.1, 0.15) is 12.5 Å². The molecule has 1 heterocycles. The second-order valence-electron chi connectivity index (χ2n) is 7.07. The molecule has 0 saturated carbocycles. The van der Waals surface area contributed by atoms with Gasteiger partial charge in [0.05, 0.1) is 30.7 Å². The number of benzene rings is 3. The fourth-order valence-corrected chi connectivity index (χ4v) is 3.73. The molecule has 0 fully saturated rings. The van der Waals surface area contributed by atoms with E-state index in [9.17, 15) is 14.0 Å². The van der Waals surface area contributed by atoms with Crippen molar-refractivity contribution in [3.05, 3.63) is 88.8 Å². The van der Waals surface area contributed by atoms with Gasteiger partial charge in [-0.15, -0.1) is 0 Å². The van der Waals surface area contributed by atoms with E-state index in [0.29, 0.717) is 34.4 Å². The van der Waals surface area contributed by atoms with Crippen molar-refractivity contribution in [3.63, 3.8) is 0 Å². The molecule has 8 heteroatoms. The average Bonchev–Trinajstić information content (AvgIpc) is 3.04. The number of ether oxygens (including phenoxy) is 2. The van der Waals surface area contributed by atoms with E-state index in [-0.39, 0.29) is 17.0 Å². The SMILES string of the molecule is CCOc1ccc(C2=C(Nc3cc(Cl)ccc3OC)C(=O)N(c3ccccc3F)C2=O)cc1. The fraction of sp³-hybridized carbons (Fsp3) is 0.120. The molecule has 33 heavy (non-hydrogen) atoms. The number of methoxy groups -OCH3 is 1. The van der Waals surface area contributed by atoms with Gasteiger partial charge in [0.1, 0.15) is 23.0 Å². The van der Waals surface area contributed by atoms with E-state index in [1.165, 1.54) is 25.3 Å². The molecule has 1 aliphatic heterocycles. The average molecular weight is 467 g/mol. The van der Waals surface area contributed by atoms with Crippen LogP contribution < -0.4 is 19.7 Å². The lowest BCUT2D eigenvalue weighted by Gasteiger charge is -2.16. The van der Waals surface area contributed by atoms with Crippen LogP contribution in [0.25, 0.3) is 5.57 Å². The summed E-state index contributed by atoms with van der Waals surface area (Å²) in [5.41, 5.74) is 0.797. The second kappa shape index (κ2) is 9.34. The number of hydrogen-bond donors (Lipinski definition) is 1. The van der Waals surface area contributed by atoms with Crippen molar-refractivity contribution >= 4 is 40.4 Å². The largest absolute Gasteiger partial charge is 0.495 e. The van der Waals surface area contributed by atoms with Gasteiger partial charge in [-0.1, -0.05) is 35.9 Å². The maximum atomic E-state index is 14.5. The van der Waals surface area contributed by atoms with Crippen LogP contribution in [0.2, 0.25) is 5.02 Å². The highest BCUT2D eigenvalue weighted by Crippen LogP contribution is 2.37. The molecular formula is C25H20ClFN2O4. The number of halogens is 2. The first-order chi connectivity index (χ1) is 15.9. The molecule has 6 nitrogen and oxygen atoms in total. The second-order valence-corrected chi connectivity index (χ2v) is 7.51. The number of rotatable bonds is 7. The van der Waals surface area contributed by atoms with Crippen LogP contribution in [0.3, 0.4) is 0 Å². The van der Waals surface area contributed by atoms with Gasteiger partial charge in [0.15, 0.2) is 0 Å². The zero-order valence-electron chi connectivity index (χ0n) is 17.9. The van der Waals surface area contributed by atoms with Crippen molar-refractivity contribution < 1.29 is 23.5 Å². The molecule has 0 aliphatic carbocycles. The molecule has 0 spiro atoms. The Bertz CT molecular complexity index is 1260. The van der Waals surface area contributed by atoms with E-state index < -0.39 is 17.6 Å². The Labute approximate surface area is 195 Å². The standard InChI is InChI=1S/C25H20ClFN2O4/c1-3-33-17-11-8-15(9-12-17)22-23(28-19-14-16(26)10-13-21(19)32-2)25(31)29(24(22)30)20-7-5-4-6-18(20)27/h4-14,28H,3H2,1-2H3. The molecule has 2 amide bonds. The van der Waals surface area contributed by atoms with Gasteiger partial charge in [-0.3, -0.25) is 9.59 Å². The lowest BCUT2D eigenvalue weighted by Crippen LogP contribution is -2.33. The Kier molecular flexibility index (Phi) is 6.33. The summed E-state index contributed by atoms with van der Waals surface area (Å²) in [5.74, 6) is -1.00. The predicted molar refractivity (Wildman–Crippen MR) is 125 cm³/mol. The summed E-state index contributed by atoms with van der Waals surface area (Å²) in [6, 6.07) is 17.2. The first kappa shape index (κ1) is 22.4. The first-order valence-electron chi connectivity index (χ1n) is 10.2. The quantitative estimate of drug-likeness (QED) is 0.480. The molecule has 0 bridgehead atoms. The first-order valence-corrected chi connectivity index (χ1v) is 10.5. The van der Waals surface area contributed by atoms with E-state index in [1.54, 1.807) is 48.5 Å². The normalized spacial score (nSPS) is 13.5. The number of nitrogens with zero attached hydrogens (tertiary/aromatic N) is 1. The third-order valence-corrected chi connectivity index (χ3v) is 5.29. The smallest absolute Gasteiger partial charge is 0.282 e. The summed E-state index contributed by atoms with van der Waals surface area (Å²) in [5, 5.41) is 3.40. The maximum Gasteiger partial charge on any atom is 0.282 e. The van der Waals surface area contributed by atoms with E-state index in [1.807, 2.05) is 6.92 Å². The van der Waals surface area contributed by atoms with Crippen molar-refractivity contribution in [2.45, 2.75) is 6.92 Å². The molecule has 0 atom stereocenters. The van der Waals surface area contributed by atoms with E-state index in [2.05, 4.69) is 5.32 Å². The Balaban J connectivity index is 1.84. The van der Waals surface area contributed by atoms with Crippen LogP contribution in [0.15, 0.2) is 72.4 Å². The van der Waals surface area contributed by atoms with Crippen LogP contribution in [-0.4, -0.2) is 25.5 Å². The molecule has 0 aromatic heterocycles. The summed E-state index contributed by atoms with van der Waals surface area (Å²) in [6.45, 7) is 2.35. The molecular weight excluding hydrogens is 447 g/mol. The maximum absolute atomic E-state index is 14.5. The molecule has 168 valence electrons. The Morgan fingerprint density at radius 3 is 2.39 bits per heavy atom. The van der Waals surface area contributed by atoms with Crippen LogP contribution in [-0.2, 0) is 9.59 Å². The summed E-state index contributed by atoms with van der Waals surface area (Å²) in [4.78, 5) is 27.7. The van der Waals surface area contributed by atoms with Gasteiger partial charge in [-0.2, -0.15) is 0 Å². The zero-order valence-corrected chi connectivity index (χ0v) is 18.7. The van der Waals surface area contributed by atoms with Gasteiger partial charge >= 0.3 is 0 Å². The molecule has 1 aliphatic rings. The van der Waals surface area contributed by atoms with Gasteiger partial charge in [0.2, 0.25) is 0 Å². The van der Waals surface area contributed by atoms with Crippen molar-refractivity contribution in [2.75, 3.05) is 23.9 Å². The van der Waals surface area contributed by atoms with Crippen molar-refractivity contribution in [1.29, 1.82) is 0 Å². The Morgan fingerprint density at radius 2 is 1.73 bits per heavy atom. The van der Waals surface area contributed by atoms with Gasteiger partial charge in [0.25, 0.3) is 11.8 Å². The van der Waals surface area contributed by atoms with Gasteiger partial charge in [-0.05, 0) is 55.0 Å². The number of para-hydroxylation sites is 1. The lowest BCUT2D eigenvalue weighted by molar-refractivity contribution is -0.120. The number of nitrogens with one attached hydrogen (secondary N) is 1. The van der Waals surface area contributed by atoms with Gasteiger partial charge in [-0.25, -0.2) is 9.29 Å². The van der Waals surface area contributed by atoms with E-state index >= 15 is 0 Å². The topological polar surface area (TPSA) is 67.9 Å². The number of hydrogen-bond acceptors (Lipinski definition) is 5. The van der Waals surface area contributed by atoms with Crippen molar-refractivity contribution in [3.8, 4) is 11.5 Å². The number of imide groups is 1. The molecule has 3 aromatic carbocycles. The highest BCUT2D eigenvalue weighted by Gasteiger charge is 2.41. The summed E-state index contributed by atoms with van der Waals surface area (Å²) in [6.07, 6.45) is 0.